The van der Waals surface area contributed by atoms with E-state index in [1.165, 1.54) is 81.1 Å². The number of hydrogen-bond donors (Lipinski definition) is 0. The van der Waals surface area contributed by atoms with E-state index in [4.69, 9.17) is 0 Å². The molecule has 0 spiro atoms. The van der Waals surface area contributed by atoms with Crippen molar-refractivity contribution < 1.29 is 0 Å². The highest BCUT2D eigenvalue weighted by molar-refractivity contribution is 7.99. The molecule has 0 amide bonds. The van der Waals surface area contributed by atoms with Crippen LogP contribution in [0.1, 0.15) is 22.6 Å². The third-order valence-electron chi connectivity index (χ3n) is 9.22. The van der Waals surface area contributed by atoms with Gasteiger partial charge in [-0.2, -0.15) is 0 Å². The van der Waals surface area contributed by atoms with Crippen molar-refractivity contribution in [1.29, 1.82) is 0 Å². The van der Waals surface area contributed by atoms with Crippen molar-refractivity contribution in [2.75, 3.05) is 0 Å². The Hall–Kier alpha value is -5.11. The Morgan fingerprint density at radius 3 is 1.39 bits per heavy atom. The fourth-order valence-corrected chi connectivity index (χ4v) is 8.39. The molecule has 0 atom stereocenters. The first kappa shape index (κ1) is 25.4. The highest BCUT2D eigenvalue weighted by atomic mass is 32.2. The Morgan fingerprint density at radius 1 is 0.341 bits per heavy atom. The second-order valence-electron chi connectivity index (χ2n) is 11.6. The molecule has 0 saturated heterocycles. The highest BCUT2D eigenvalue weighted by Gasteiger charge is 2.31. The Morgan fingerprint density at radius 2 is 0.818 bits per heavy atom. The highest BCUT2D eigenvalue weighted by Crippen LogP contribution is 2.53. The van der Waals surface area contributed by atoms with Gasteiger partial charge in [0.2, 0.25) is 0 Å². The summed E-state index contributed by atoms with van der Waals surface area (Å²) in [6, 6.07) is 60.4. The summed E-state index contributed by atoms with van der Waals surface area (Å²) in [5, 5.41) is 7.83. The zero-order valence-electron chi connectivity index (χ0n) is 24.1. The lowest BCUT2D eigenvalue weighted by molar-refractivity contribution is 0.926. The van der Waals surface area contributed by atoms with Gasteiger partial charge in [-0.05, 0) is 83.4 Å². The van der Waals surface area contributed by atoms with Gasteiger partial charge < -0.3 is 0 Å². The largest absolute Gasteiger partial charge is 0.0894 e. The number of rotatable bonds is 3. The molecule has 0 aliphatic carbocycles. The summed E-state index contributed by atoms with van der Waals surface area (Å²) in [6.07, 6.45) is 0. The SMILES string of the molecule is c1ccc(-c2cccc3c(-c4ccc(C5c6c(ccc7ccccc67)Sc6ccc7ccccc7c65)cc4)cccc23)cc1. The maximum atomic E-state index is 2.37. The van der Waals surface area contributed by atoms with Crippen LogP contribution in [0.3, 0.4) is 0 Å². The van der Waals surface area contributed by atoms with E-state index in [0.717, 1.165) is 0 Å². The van der Waals surface area contributed by atoms with Gasteiger partial charge in [-0.15, -0.1) is 0 Å². The minimum atomic E-state index is 0.143. The van der Waals surface area contributed by atoms with Gasteiger partial charge in [-0.1, -0.05) is 163 Å². The summed E-state index contributed by atoms with van der Waals surface area (Å²) >= 11 is 1.91. The van der Waals surface area contributed by atoms with E-state index < -0.39 is 0 Å². The van der Waals surface area contributed by atoms with E-state index in [2.05, 4.69) is 164 Å². The van der Waals surface area contributed by atoms with Crippen molar-refractivity contribution in [3.63, 3.8) is 0 Å². The second-order valence-corrected chi connectivity index (χ2v) is 12.7. The fraction of sp³-hybridized carbons (Fsp3) is 0.0233. The smallest absolute Gasteiger partial charge is 0.0374 e. The van der Waals surface area contributed by atoms with Crippen molar-refractivity contribution in [3.05, 3.63) is 180 Å². The van der Waals surface area contributed by atoms with Gasteiger partial charge in [0.15, 0.2) is 0 Å². The molecule has 1 heterocycles. The molecule has 0 fully saturated rings. The molecule has 44 heavy (non-hydrogen) atoms. The van der Waals surface area contributed by atoms with Crippen LogP contribution in [0, 0.1) is 0 Å². The van der Waals surface area contributed by atoms with Crippen molar-refractivity contribution in [2.45, 2.75) is 15.7 Å². The molecule has 1 heteroatoms. The maximum absolute atomic E-state index is 2.37. The zero-order valence-corrected chi connectivity index (χ0v) is 24.9. The molecule has 0 nitrogen and oxygen atoms in total. The molecule has 0 bridgehead atoms. The summed E-state index contributed by atoms with van der Waals surface area (Å²) in [5.41, 5.74) is 9.19. The topological polar surface area (TPSA) is 0 Å². The Balaban J connectivity index is 1.23. The second kappa shape index (κ2) is 10.3. The standard InChI is InChI=1S/C43H28S/c1-2-10-28(11-3-1)33-16-8-19-38-34(17-9-18-37(33)38)31-20-22-32(23-21-31)41-42-35-14-6-4-12-29(35)24-26-39(42)44-40-27-25-30-13-5-7-15-36(30)43(40)41/h1-27,41H. The fourth-order valence-electron chi connectivity index (χ4n) is 7.21. The van der Waals surface area contributed by atoms with Crippen LogP contribution in [0.2, 0.25) is 0 Å². The van der Waals surface area contributed by atoms with E-state index in [1.54, 1.807) is 0 Å². The zero-order chi connectivity index (χ0) is 29.0. The van der Waals surface area contributed by atoms with E-state index in [1.807, 2.05) is 11.8 Å². The average molecular weight is 577 g/mol. The molecule has 8 aromatic carbocycles. The Kier molecular flexibility index (Phi) is 5.92. The molecule has 0 radical (unpaired) electrons. The van der Waals surface area contributed by atoms with Crippen LogP contribution in [-0.4, -0.2) is 0 Å². The van der Waals surface area contributed by atoms with E-state index in [9.17, 15) is 0 Å². The van der Waals surface area contributed by atoms with Gasteiger partial charge in [-0.25, -0.2) is 0 Å². The number of hydrogen-bond acceptors (Lipinski definition) is 1. The molecule has 206 valence electrons. The van der Waals surface area contributed by atoms with Gasteiger partial charge in [-0.3, -0.25) is 0 Å². The minimum Gasteiger partial charge on any atom is -0.0894 e. The van der Waals surface area contributed by atoms with Crippen molar-refractivity contribution >= 4 is 44.1 Å². The lowest BCUT2D eigenvalue weighted by atomic mass is 9.80. The lowest BCUT2D eigenvalue weighted by Gasteiger charge is -2.31. The molecule has 0 saturated carbocycles. The van der Waals surface area contributed by atoms with Gasteiger partial charge in [0, 0.05) is 15.7 Å². The van der Waals surface area contributed by atoms with Crippen LogP contribution in [-0.2, 0) is 0 Å². The normalized spacial score (nSPS) is 12.8. The van der Waals surface area contributed by atoms with E-state index in [0.29, 0.717) is 0 Å². The summed E-state index contributed by atoms with van der Waals surface area (Å²) < 4.78 is 0. The third kappa shape index (κ3) is 4.01. The first-order valence-electron chi connectivity index (χ1n) is 15.2. The number of fused-ring (bicyclic) bond motifs is 7. The molecule has 1 aliphatic heterocycles. The average Bonchev–Trinajstić information content (AvgIpc) is 3.10. The summed E-state index contributed by atoms with van der Waals surface area (Å²) in [6.45, 7) is 0. The van der Waals surface area contributed by atoms with E-state index in [-0.39, 0.29) is 5.92 Å². The molecular weight excluding hydrogens is 549 g/mol. The maximum Gasteiger partial charge on any atom is 0.0374 e. The van der Waals surface area contributed by atoms with Gasteiger partial charge in [0.25, 0.3) is 0 Å². The van der Waals surface area contributed by atoms with Crippen LogP contribution in [0.5, 0.6) is 0 Å². The van der Waals surface area contributed by atoms with Crippen molar-refractivity contribution in [2.24, 2.45) is 0 Å². The molecule has 9 rings (SSSR count). The first-order valence-corrected chi connectivity index (χ1v) is 16.0. The Bertz CT molecular complexity index is 2260. The van der Waals surface area contributed by atoms with E-state index >= 15 is 0 Å². The predicted octanol–water partition coefficient (Wildman–Crippen LogP) is 12.1. The first-order chi connectivity index (χ1) is 21.8. The molecular formula is C43H28S. The lowest BCUT2D eigenvalue weighted by Crippen LogP contribution is -2.11. The Labute approximate surface area is 261 Å². The molecule has 8 aromatic rings. The van der Waals surface area contributed by atoms with Gasteiger partial charge in [0.1, 0.15) is 0 Å². The summed E-state index contributed by atoms with van der Waals surface area (Å²) in [7, 11) is 0. The third-order valence-corrected chi connectivity index (χ3v) is 10.4. The minimum absolute atomic E-state index is 0.143. The van der Waals surface area contributed by atoms with Crippen LogP contribution >= 0.6 is 11.8 Å². The predicted molar refractivity (Wildman–Crippen MR) is 188 cm³/mol. The molecule has 0 N–H and O–H groups in total. The molecule has 1 aliphatic rings. The van der Waals surface area contributed by atoms with Crippen molar-refractivity contribution in [3.8, 4) is 22.3 Å². The van der Waals surface area contributed by atoms with Crippen LogP contribution in [0.25, 0.3) is 54.6 Å². The summed E-state index contributed by atoms with van der Waals surface area (Å²) in [4.78, 5) is 2.70. The molecule has 0 aromatic heterocycles. The molecule has 0 unspecified atom stereocenters. The van der Waals surface area contributed by atoms with Gasteiger partial charge >= 0.3 is 0 Å². The summed E-state index contributed by atoms with van der Waals surface area (Å²) in [5.74, 6) is 0.143. The number of benzene rings is 8. The van der Waals surface area contributed by atoms with Crippen LogP contribution in [0.4, 0.5) is 0 Å². The quantitative estimate of drug-likeness (QED) is 0.202. The van der Waals surface area contributed by atoms with Crippen molar-refractivity contribution in [1.82, 2.24) is 0 Å². The van der Waals surface area contributed by atoms with Gasteiger partial charge in [0.05, 0.1) is 0 Å². The van der Waals surface area contributed by atoms with Crippen LogP contribution in [0.15, 0.2) is 174 Å². The monoisotopic (exact) mass is 576 g/mol. The van der Waals surface area contributed by atoms with Crippen LogP contribution < -0.4 is 0 Å².